The van der Waals surface area contributed by atoms with Crippen molar-refractivity contribution >= 4 is 17.7 Å². The number of aromatic nitrogens is 4. The number of piperidine rings is 1. The Bertz CT molecular complexity index is 1180. The number of carbonyl (C=O) groups is 1. The summed E-state index contributed by atoms with van der Waals surface area (Å²) in [6.45, 7) is 3.55. The molecular formula is C25H32FN9O. The Morgan fingerprint density at radius 1 is 1.25 bits per heavy atom. The third-order valence-electron chi connectivity index (χ3n) is 6.19. The summed E-state index contributed by atoms with van der Waals surface area (Å²) in [5, 5.41) is 17.3. The maximum atomic E-state index is 13.2. The van der Waals surface area contributed by atoms with Crippen LogP contribution in [0.1, 0.15) is 24.8 Å². The molecule has 0 bridgehead atoms. The summed E-state index contributed by atoms with van der Waals surface area (Å²) in [6, 6.07) is 13.6. The van der Waals surface area contributed by atoms with Crippen molar-refractivity contribution in [3.8, 4) is 11.4 Å². The second-order valence-electron chi connectivity index (χ2n) is 9.04. The van der Waals surface area contributed by atoms with E-state index in [1.807, 2.05) is 36.4 Å². The van der Waals surface area contributed by atoms with Crippen LogP contribution in [-0.2, 0) is 13.5 Å². The Hall–Kier alpha value is -3.86. The lowest BCUT2D eigenvalue weighted by Crippen LogP contribution is -2.40. The third kappa shape index (κ3) is 7.32. The molecule has 0 spiro atoms. The maximum absolute atomic E-state index is 13.2. The fraction of sp³-hybridized carbons (Fsp3) is 0.400. The van der Waals surface area contributed by atoms with Crippen molar-refractivity contribution < 1.29 is 9.18 Å². The van der Waals surface area contributed by atoms with Crippen molar-refractivity contribution in [2.45, 2.75) is 25.7 Å². The number of halogens is 1. The van der Waals surface area contributed by atoms with Gasteiger partial charge in [-0.3, -0.25) is 10.3 Å². The Kier molecular flexibility index (Phi) is 8.56. The van der Waals surface area contributed by atoms with Gasteiger partial charge in [-0.25, -0.2) is 13.9 Å². The lowest BCUT2D eigenvalue weighted by Gasteiger charge is -2.32. The van der Waals surface area contributed by atoms with Crippen LogP contribution in [0.25, 0.3) is 11.4 Å². The van der Waals surface area contributed by atoms with E-state index in [-0.39, 0.29) is 5.82 Å². The third-order valence-corrected chi connectivity index (χ3v) is 6.19. The van der Waals surface area contributed by atoms with E-state index in [4.69, 9.17) is 5.73 Å². The van der Waals surface area contributed by atoms with Gasteiger partial charge in [0, 0.05) is 31.4 Å². The number of rotatable bonds is 8. The molecule has 1 unspecified atom stereocenters. The first-order chi connectivity index (χ1) is 17.5. The number of aryl methyl sites for hydroxylation is 1. The Morgan fingerprint density at radius 3 is 2.83 bits per heavy atom. The molecule has 1 atom stereocenters. The highest BCUT2D eigenvalue weighted by Crippen LogP contribution is 2.22. The van der Waals surface area contributed by atoms with Crippen LogP contribution in [0, 0.1) is 11.7 Å². The number of benzene rings is 2. The molecule has 0 aliphatic carbocycles. The fourth-order valence-corrected chi connectivity index (χ4v) is 4.53. The second-order valence-corrected chi connectivity index (χ2v) is 9.04. The van der Waals surface area contributed by atoms with Gasteiger partial charge in [-0.1, -0.05) is 24.3 Å². The fourth-order valence-electron chi connectivity index (χ4n) is 4.53. The number of hydrogen-bond donors (Lipinski definition) is 3. The molecular weight excluding hydrogens is 461 g/mol. The van der Waals surface area contributed by atoms with Crippen LogP contribution in [-0.4, -0.2) is 63.3 Å². The molecule has 4 N–H and O–H groups in total. The summed E-state index contributed by atoms with van der Waals surface area (Å²) in [4.78, 5) is 18.5. The minimum absolute atomic E-state index is 0.195. The molecule has 1 aliphatic rings. The van der Waals surface area contributed by atoms with Crippen molar-refractivity contribution in [1.82, 2.24) is 30.4 Å². The normalized spacial score (nSPS) is 16.6. The molecule has 0 radical (unpaired) electrons. The van der Waals surface area contributed by atoms with Crippen LogP contribution in [0.2, 0.25) is 0 Å². The molecule has 1 aromatic heterocycles. The molecule has 0 saturated carbocycles. The number of likely N-dealkylation sites (tertiary alicyclic amines) is 1. The lowest BCUT2D eigenvalue weighted by atomic mass is 9.91. The summed E-state index contributed by atoms with van der Waals surface area (Å²) < 4.78 is 14.8. The van der Waals surface area contributed by atoms with E-state index in [0.717, 1.165) is 50.1 Å². The average Bonchev–Trinajstić information content (AvgIpc) is 3.29. The molecule has 1 aliphatic heterocycles. The standard InChI is InChI=1S/C25H32FN9O/c1-34-23(31-32-33-34)20-6-2-7-22(16-20)29-25(30-24(27)36)28-12-4-14-35-13-3-5-19(17-35)15-18-8-10-21(26)11-9-18/h2,6-11,16,19H,3-5,12-15,17H2,1H3,(H4,27,28,29,30,36). The van der Waals surface area contributed by atoms with Crippen molar-refractivity contribution in [3.05, 3.63) is 59.9 Å². The zero-order valence-electron chi connectivity index (χ0n) is 20.4. The summed E-state index contributed by atoms with van der Waals surface area (Å²) >= 11 is 0. The number of nitrogens with one attached hydrogen (secondary N) is 2. The van der Waals surface area contributed by atoms with E-state index < -0.39 is 6.03 Å². The van der Waals surface area contributed by atoms with Gasteiger partial charge in [-0.05, 0) is 84.9 Å². The quantitative estimate of drug-likeness (QED) is 0.252. The number of tetrazole rings is 1. The monoisotopic (exact) mass is 493 g/mol. The molecule has 10 nitrogen and oxygen atoms in total. The summed E-state index contributed by atoms with van der Waals surface area (Å²) in [5.74, 6) is 1.29. The topological polar surface area (TPSA) is 126 Å². The number of urea groups is 1. The van der Waals surface area contributed by atoms with Crippen LogP contribution < -0.4 is 16.4 Å². The Morgan fingerprint density at radius 2 is 2.08 bits per heavy atom. The van der Waals surface area contributed by atoms with Crippen LogP contribution >= 0.6 is 0 Å². The van der Waals surface area contributed by atoms with E-state index in [2.05, 4.69) is 36.1 Å². The number of primary amides is 1. The molecule has 2 amide bonds. The van der Waals surface area contributed by atoms with E-state index >= 15 is 0 Å². The number of nitrogens with two attached hydrogens (primary N) is 1. The number of nitrogens with zero attached hydrogens (tertiary/aromatic N) is 6. The molecule has 190 valence electrons. The van der Waals surface area contributed by atoms with Gasteiger partial charge < -0.3 is 16.0 Å². The number of guanidine groups is 1. The number of amides is 2. The predicted molar refractivity (Wildman–Crippen MR) is 137 cm³/mol. The molecule has 4 rings (SSSR count). The molecule has 1 fully saturated rings. The Labute approximate surface area is 209 Å². The average molecular weight is 494 g/mol. The van der Waals surface area contributed by atoms with Gasteiger partial charge in [-0.2, -0.15) is 0 Å². The van der Waals surface area contributed by atoms with Gasteiger partial charge in [-0.15, -0.1) is 5.10 Å². The highest BCUT2D eigenvalue weighted by molar-refractivity contribution is 6.03. The number of anilines is 1. The van der Waals surface area contributed by atoms with Crippen molar-refractivity contribution in [2.24, 2.45) is 23.7 Å². The molecule has 2 aromatic carbocycles. The van der Waals surface area contributed by atoms with E-state index in [1.165, 1.54) is 24.1 Å². The summed E-state index contributed by atoms with van der Waals surface area (Å²) in [5.41, 5.74) is 8.08. The van der Waals surface area contributed by atoms with E-state index in [9.17, 15) is 9.18 Å². The number of carbonyl (C=O) groups excluding carboxylic acids is 1. The summed E-state index contributed by atoms with van der Waals surface area (Å²) in [6.07, 6.45) is 4.16. The minimum atomic E-state index is -0.686. The highest BCUT2D eigenvalue weighted by Gasteiger charge is 2.20. The van der Waals surface area contributed by atoms with Gasteiger partial charge in [0.2, 0.25) is 5.96 Å². The van der Waals surface area contributed by atoms with Crippen LogP contribution in [0.5, 0.6) is 0 Å². The first kappa shape index (κ1) is 25.2. The smallest absolute Gasteiger partial charge is 0.318 e. The van der Waals surface area contributed by atoms with Crippen LogP contribution in [0.4, 0.5) is 14.9 Å². The van der Waals surface area contributed by atoms with Crippen LogP contribution in [0.15, 0.2) is 53.5 Å². The SMILES string of the molecule is Cn1nnnc1-c1cccc(NC(=NCCCN2CCCC(Cc3ccc(F)cc3)C2)NC(N)=O)c1. The van der Waals surface area contributed by atoms with Crippen LogP contribution in [0.3, 0.4) is 0 Å². The predicted octanol–water partition coefficient (Wildman–Crippen LogP) is 2.80. The molecule has 36 heavy (non-hydrogen) atoms. The highest BCUT2D eigenvalue weighted by atomic mass is 19.1. The first-order valence-corrected chi connectivity index (χ1v) is 12.1. The van der Waals surface area contributed by atoms with Crippen molar-refractivity contribution in [3.63, 3.8) is 0 Å². The first-order valence-electron chi connectivity index (χ1n) is 12.1. The largest absolute Gasteiger partial charge is 0.351 e. The Balaban J connectivity index is 1.30. The van der Waals surface area contributed by atoms with Gasteiger partial charge in [0.1, 0.15) is 5.82 Å². The molecule has 11 heteroatoms. The maximum Gasteiger partial charge on any atom is 0.318 e. The van der Waals surface area contributed by atoms with Gasteiger partial charge >= 0.3 is 6.03 Å². The molecule has 1 saturated heterocycles. The van der Waals surface area contributed by atoms with Crippen molar-refractivity contribution in [2.75, 3.05) is 31.5 Å². The van der Waals surface area contributed by atoms with Gasteiger partial charge in [0.25, 0.3) is 0 Å². The van der Waals surface area contributed by atoms with Crippen molar-refractivity contribution in [1.29, 1.82) is 0 Å². The second kappa shape index (κ2) is 12.2. The number of aliphatic imine (C=N–C) groups is 1. The van der Waals surface area contributed by atoms with E-state index in [0.29, 0.717) is 24.2 Å². The zero-order chi connectivity index (χ0) is 25.3. The molecule has 3 aromatic rings. The number of hydrogen-bond acceptors (Lipinski definition) is 6. The minimum Gasteiger partial charge on any atom is -0.351 e. The van der Waals surface area contributed by atoms with E-state index in [1.54, 1.807) is 11.7 Å². The molecule has 2 heterocycles. The van der Waals surface area contributed by atoms with Gasteiger partial charge in [0.15, 0.2) is 5.82 Å². The summed E-state index contributed by atoms with van der Waals surface area (Å²) in [7, 11) is 1.77. The van der Waals surface area contributed by atoms with Gasteiger partial charge in [0.05, 0.1) is 0 Å². The zero-order valence-corrected chi connectivity index (χ0v) is 20.4. The lowest BCUT2D eigenvalue weighted by molar-refractivity contribution is 0.173.